The first-order valence-electron chi connectivity index (χ1n) is 9.10. The molecule has 7 nitrogen and oxygen atoms in total. The van der Waals surface area contributed by atoms with Crippen LogP contribution in [0.2, 0.25) is 0 Å². The van der Waals surface area contributed by atoms with Crippen molar-refractivity contribution in [3.8, 4) is 11.5 Å². The number of carbonyl (C=O) groups is 2. The van der Waals surface area contributed by atoms with Gasteiger partial charge in [-0.25, -0.2) is 4.39 Å². The largest absolute Gasteiger partial charge is 0.504 e. The second-order valence-corrected chi connectivity index (χ2v) is 9.02. The van der Waals surface area contributed by atoms with Crippen LogP contribution in [0.15, 0.2) is 52.3 Å². The van der Waals surface area contributed by atoms with E-state index in [1.54, 1.807) is 12.1 Å². The number of ketones is 1. The number of aromatic hydroxyl groups is 1. The number of thioether (sulfide) groups is 1. The molecule has 0 saturated heterocycles. The van der Waals surface area contributed by atoms with Gasteiger partial charge < -0.3 is 19.9 Å². The highest BCUT2D eigenvalue weighted by molar-refractivity contribution is 8.00. The van der Waals surface area contributed by atoms with E-state index in [9.17, 15) is 29.0 Å². The number of aromatic amines is 1. The highest BCUT2D eigenvalue weighted by Crippen LogP contribution is 2.52. The Labute approximate surface area is 183 Å². The summed E-state index contributed by atoms with van der Waals surface area (Å²) in [5.74, 6) is -4.47. The number of nitrogens with one attached hydrogen (secondary N) is 1. The third kappa shape index (κ3) is 3.72. The number of hydrogen-bond acceptors (Lipinski definition) is 7. The average molecular weight is 461 g/mol. The molecular formula is C21H16FNO6S2. The number of benzene rings is 2. The van der Waals surface area contributed by atoms with Gasteiger partial charge in [-0.3, -0.25) is 14.4 Å². The fourth-order valence-electron chi connectivity index (χ4n) is 3.75. The highest BCUT2D eigenvalue weighted by Gasteiger charge is 2.48. The highest BCUT2D eigenvalue weighted by atomic mass is 32.2. The van der Waals surface area contributed by atoms with Gasteiger partial charge in [-0.05, 0) is 30.3 Å². The van der Waals surface area contributed by atoms with Gasteiger partial charge in [-0.1, -0.05) is 35.2 Å². The second-order valence-electron chi connectivity index (χ2n) is 6.86. The maximum Gasteiger partial charge on any atom is 0.317 e. The summed E-state index contributed by atoms with van der Waals surface area (Å²) in [7, 11) is 1.37. The van der Waals surface area contributed by atoms with Crippen molar-refractivity contribution in [1.82, 2.24) is 4.98 Å². The van der Waals surface area contributed by atoms with Crippen LogP contribution in [0.1, 0.15) is 26.7 Å². The molecule has 1 aromatic heterocycles. The first kappa shape index (κ1) is 21.1. The zero-order chi connectivity index (χ0) is 22.3. The Hall–Kier alpha value is -3.11. The Balaban J connectivity index is 1.95. The normalized spacial score (nSPS) is 20.1. The Morgan fingerprint density at radius 1 is 1.16 bits per heavy atom. The summed E-state index contributed by atoms with van der Waals surface area (Å²) < 4.78 is 18.6. The zero-order valence-electron chi connectivity index (χ0n) is 16.0. The molecule has 1 aliphatic rings. The fourth-order valence-corrected chi connectivity index (χ4v) is 6.15. The van der Waals surface area contributed by atoms with Gasteiger partial charge in [0.15, 0.2) is 17.3 Å². The van der Waals surface area contributed by atoms with Gasteiger partial charge in [0.05, 0.1) is 18.1 Å². The van der Waals surface area contributed by atoms with Crippen LogP contribution in [0, 0.1) is 11.7 Å². The maximum atomic E-state index is 13.5. The third-order valence-electron chi connectivity index (χ3n) is 5.11. The van der Waals surface area contributed by atoms with Gasteiger partial charge in [-0.15, -0.1) is 0 Å². The number of fused-ring (bicyclic) bond motifs is 1. The van der Waals surface area contributed by atoms with Crippen LogP contribution in [0.25, 0.3) is 0 Å². The second kappa shape index (κ2) is 8.20. The molecular weight excluding hydrogens is 445 g/mol. The molecule has 31 heavy (non-hydrogen) atoms. The zero-order valence-corrected chi connectivity index (χ0v) is 17.6. The van der Waals surface area contributed by atoms with Crippen LogP contribution >= 0.6 is 23.1 Å². The van der Waals surface area contributed by atoms with E-state index in [2.05, 4.69) is 4.98 Å². The standard InChI is InChI=1S/C21H16FNO6S2/c1-29-12-4-2-3-11(16(12)25)13-14(15(24)9-5-7-10(22)8-6-9)18(20(26)27)30-19-17(13)31-21(28)23-19/h2-8,13-14,18,25H,1H3,(H,23,28)(H,26,27)/t13-,14+,18-/m0/s1. The molecule has 0 radical (unpaired) electrons. The van der Waals surface area contributed by atoms with Gasteiger partial charge in [0.25, 0.3) is 0 Å². The minimum absolute atomic E-state index is 0.136. The van der Waals surface area contributed by atoms with Crippen LogP contribution in [-0.2, 0) is 4.79 Å². The number of phenols is 1. The van der Waals surface area contributed by atoms with E-state index in [-0.39, 0.29) is 22.6 Å². The number of H-pyrrole nitrogens is 1. The number of carboxylic acid groups (broad SMARTS) is 1. The lowest BCUT2D eigenvalue weighted by Crippen LogP contribution is -2.39. The van der Waals surface area contributed by atoms with E-state index in [0.717, 1.165) is 35.2 Å². The molecule has 0 fully saturated rings. The molecule has 1 aliphatic heterocycles. The van der Waals surface area contributed by atoms with E-state index in [1.807, 2.05) is 0 Å². The van der Waals surface area contributed by atoms with E-state index < -0.39 is 39.5 Å². The molecule has 160 valence electrons. The first-order chi connectivity index (χ1) is 14.8. The number of thiazole rings is 1. The maximum absolute atomic E-state index is 13.5. The van der Waals surface area contributed by atoms with Gasteiger partial charge in [0.2, 0.25) is 0 Å². The van der Waals surface area contributed by atoms with Crippen molar-refractivity contribution in [2.45, 2.75) is 16.2 Å². The summed E-state index contributed by atoms with van der Waals surface area (Å²) >= 11 is 1.74. The van der Waals surface area contributed by atoms with E-state index in [1.165, 1.54) is 25.3 Å². The Morgan fingerprint density at radius 3 is 2.52 bits per heavy atom. The molecule has 2 heterocycles. The monoisotopic (exact) mass is 461 g/mol. The van der Waals surface area contributed by atoms with Gasteiger partial charge in [0, 0.05) is 21.9 Å². The number of phenolic OH excluding ortho intramolecular Hbond substituents is 1. The first-order valence-corrected chi connectivity index (χ1v) is 10.8. The summed E-state index contributed by atoms with van der Waals surface area (Å²) in [6.07, 6.45) is 0. The Bertz CT molecular complexity index is 1220. The Morgan fingerprint density at radius 2 is 1.87 bits per heavy atom. The molecule has 0 amide bonds. The number of methoxy groups -OCH3 is 1. The minimum atomic E-state index is -1.24. The quantitative estimate of drug-likeness (QED) is 0.498. The van der Waals surface area contributed by atoms with E-state index in [4.69, 9.17) is 4.74 Å². The van der Waals surface area contributed by atoms with Gasteiger partial charge in [-0.2, -0.15) is 0 Å². The smallest absolute Gasteiger partial charge is 0.317 e. The number of para-hydroxylation sites is 1. The number of aromatic nitrogens is 1. The van der Waals surface area contributed by atoms with Crippen molar-refractivity contribution >= 4 is 34.9 Å². The summed E-state index contributed by atoms with van der Waals surface area (Å²) in [6, 6.07) is 9.53. The van der Waals surface area contributed by atoms with E-state index >= 15 is 0 Å². The van der Waals surface area contributed by atoms with Crippen molar-refractivity contribution in [2.24, 2.45) is 5.92 Å². The summed E-state index contributed by atoms with van der Waals surface area (Å²) in [5.41, 5.74) is 0.403. The molecule has 3 N–H and O–H groups in total. The topological polar surface area (TPSA) is 117 Å². The average Bonchev–Trinajstić information content (AvgIpc) is 3.12. The molecule has 3 atom stereocenters. The number of ether oxygens (including phenoxy) is 1. The third-order valence-corrected chi connectivity index (χ3v) is 7.52. The molecule has 2 aromatic carbocycles. The number of aliphatic carboxylic acids is 1. The lowest BCUT2D eigenvalue weighted by Gasteiger charge is -2.34. The fraction of sp³-hybridized carbons (Fsp3) is 0.190. The number of Topliss-reactive ketones (excluding diaryl/α,β-unsaturated/α-hetero) is 1. The summed E-state index contributed by atoms with van der Waals surface area (Å²) in [5, 5.41) is 19.8. The number of hydrogen-bond donors (Lipinski definition) is 3. The van der Waals surface area contributed by atoms with Gasteiger partial charge in [0.1, 0.15) is 11.1 Å². The molecule has 3 aromatic rings. The molecule has 0 aliphatic carbocycles. The molecule has 10 heteroatoms. The molecule has 0 bridgehead atoms. The van der Waals surface area contributed by atoms with Crippen molar-refractivity contribution in [3.05, 3.63) is 74.0 Å². The SMILES string of the molecule is COc1cccc([C@@H]2c3sc(=O)[nH]c3S[C@H](C(=O)O)[C@H]2C(=O)c2ccc(F)cc2)c1O. The van der Waals surface area contributed by atoms with Crippen molar-refractivity contribution in [3.63, 3.8) is 0 Å². The number of carboxylic acids is 1. The van der Waals surface area contributed by atoms with Gasteiger partial charge >= 0.3 is 10.8 Å². The molecule has 0 saturated carbocycles. The predicted molar refractivity (Wildman–Crippen MR) is 113 cm³/mol. The number of carbonyl (C=O) groups excluding carboxylic acids is 1. The summed E-state index contributed by atoms with van der Waals surface area (Å²) in [6.45, 7) is 0. The predicted octanol–water partition coefficient (Wildman–Crippen LogP) is 3.48. The molecule has 4 rings (SSSR count). The molecule has 0 unspecified atom stereocenters. The van der Waals surface area contributed by atoms with E-state index in [0.29, 0.717) is 9.90 Å². The minimum Gasteiger partial charge on any atom is -0.504 e. The van der Waals surface area contributed by atoms with Crippen LogP contribution in [-0.4, -0.2) is 39.3 Å². The van der Waals surface area contributed by atoms with Crippen LogP contribution in [0.5, 0.6) is 11.5 Å². The summed E-state index contributed by atoms with van der Waals surface area (Å²) in [4.78, 5) is 40.4. The molecule has 0 spiro atoms. The lowest BCUT2D eigenvalue weighted by atomic mass is 9.77. The van der Waals surface area contributed by atoms with Crippen LogP contribution < -0.4 is 9.61 Å². The number of rotatable bonds is 5. The van der Waals surface area contributed by atoms with Crippen molar-refractivity contribution in [1.29, 1.82) is 0 Å². The number of halogens is 1. The van der Waals surface area contributed by atoms with Crippen LogP contribution in [0.4, 0.5) is 4.39 Å². The van der Waals surface area contributed by atoms with Crippen LogP contribution in [0.3, 0.4) is 0 Å². The Kier molecular flexibility index (Phi) is 5.59. The van der Waals surface area contributed by atoms with Crippen molar-refractivity contribution < 1.29 is 28.9 Å². The van der Waals surface area contributed by atoms with Crippen molar-refractivity contribution in [2.75, 3.05) is 7.11 Å². The lowest BCUT2D eigenvalue weighted by molar-refractivity contribution is -0.137.